The second kappa shape index (κ2) is 7.41. The van der Waals surface area contributed by atoms with Gasteiger partial charge in [-0.2, -0.15) is 0 Å². The third-order valence-corrected chi connectivity index (χ3v) is 8.04. The Bertz CT molecular complexity index is 800. The van der Waals surface area contributed by atoms with Crippen molar-refractivity contribution in [3.05, 3.63) is 78.4 Å². The summed E-state index contributed by atoms with van der Waals surface area (Å²) < 4.78 is 0. The molecule has 0 heterocycles. The Kier molecular flexibility index (Phi) is 5.39. The lowest BCUT2D eigenvalue weighted by Crippen LogP contribution is -2.31. The summed E-state index contributed by atoms with van der Waals surface area (Å²) in [4.78, 5) is 0. The third kappa shape index (κ3) is 3.51. The first-order valence-electron chi connectivity index (χ1n) is 9.44. The Balaban J connectivity index is 2.24. The lowest BCUT2D eigenvalue weighted by Gasteiger charge is -2.37. The molecule has 1 unspecified atom stereocenters. The van der Waals surface area contributed by atoms with E-state index in [2.05, 4.69) is 101 Å². The molecule has 0 spiro atoms. The first-order valence-corrected chi connectivity index (χ1v) is 10.8. The Hall–Kier alpha value is -1.85. The van der Waals surface area contributed by atoms with E-state index < -0.39 is 7.92 Å². The summed E-state index contributed by atoms with van der Waals surface area (Å²) in [7, 11) is -0.750. The molecule has 0 aromatic heterocycles. The predicted molar refractivity (Wildman–Crippen MR) is 115 cm³/mol. The number of benzene rings is 2. The maximum absolute atomic E-state index is 11.3. The maximum Gasteiger partial charge on any atom is 0.127 e. The van der Waals surface area contributed by atoms with Crippen LogP contribution in [-0.4, -0.2) is 10.3 Å². The Morgan fingerprint density at radius 1 is 0.923 bits per heavy atom. The zero-order chi connectivity index (χ0) is 18.8. The minimum absolute atomic E-state index is 0.0283. The molecule has 136 valence electrons. The van der Waals surface area contributed by atoms with Crippen molar-refractivity contribution in [3.63, 3.8) is 0 Å². The van der Waals surface area contributed by atoms with Gasteiger partial charge in [0.2, 0.25) is 0 Å². The van der Waals surface area contributed by atoms with Crippen molar-refractivity contribution >= 4 is 18.5 Å². The molecule has 0 radical (unpaired) electrons. The van der Waals surface area contributed by atoms with E-state index in [0.717, 1.165) is 23.7 Å². The van der Waals surface area contributed by atoms with Gasteiger partial charge < -0.3 is 5.11 Å². The van der Waals surface area contributed by atoms with Crippen molar-refractivity contribution < 1.29 is 5.11 Å². The molecule has 0 saturated carbocycles. The average molecular weight is 364 g/mol. The number of aromatic hydroxyl groups is 1. The SMILES string of the molecule is CCCC1(P(c2ccccc2)c2cccc(C(C)(C)C)c2O)C=CC=C1. The smallest absolute Gasteiger partial charge is 0.127 e. The maximum atomic E-state index is 11.3. The lowest BCUT2D eigenvalue weighted by molar-refractivity contribution is 0.451. The number of rotatable bonds is 5. The minimum Gasteiger partial charge on any atom is -0.507 e. The van der Waals surface area contributed by atoms with Gasteiger partial charge in [-0.1, -0.05) is 107 Å². The van der Waals surface area contributed by atoms with Crippen molar-refractivity contribution in [3.8, 4) is 5.75 Å². The molecule has 1 aliphatic rings. The molecule has 1 N–H and O–H groups in total. The fraction of sp³-hybridized carbons (Fsp3) is 0.333. The van der Waals surface area contributed by atoms with Gasteiger partial charge in [-0.05, 0) is 30.6 Å². The normalized spacial score (nSPS) is 16.8. The van der Waals surface area contributed by atoms with E-state index in [1.165, 1.54) is 5.30 Å². The van der Waals surface area contributed by atoms with Crippen molar-refractivity contribution in [2.75, 3.05) is 0 Å². The summed E-state index contributed by atoms with van der Waals surface area (Å²) >= 11 is 0. The molecular formula is C24H29OP. The number of para-hydroxylation sites is 1. The zero-order valence-corrected chi connectivity index (χ0v) is 17.1. The van der Waals surface area contributed by atoms with Crippen LogP contribution >= 0.6 is 7.92 Å². The standard InChI is InChI=1S/C24H29OP/c1-5-16-24(17-9-10-18-24)26(19-12-7-6-8-13-19)21-15-11-14-20(22(21)25)23(2,3)4/h6-15,17-18,25H,5,16H2,1-4H3. The van der Waals surface area contributed by atoms with Crippen LogP contribution in [0.15, 0.2) is 72.8 Å². The van der Waals surface area contributed by atoms with Crippen LogP contribution in [0.25, 0.3) is 0 Å². The van der Waals surface area contributed by atoms with Gasteiger partial charge >= 0.3 is 0 Å². The number of phenols is 1. The largest absolute Gasteiger partial charge is 0.507 e. The van der Waals surface area contributed by atoms with Crippen molar-refractivity contribution in [2.45, 2.75) is 51.1 Å². The minimum atomic E-state index is -0.750. The Morgan fingerprint density at radius 2 is 1.58 bits per heavy atom. The molecule has 2 aromatic rings. The van der Waals surface area contributed by atoms with Gasteiger partial charge in [-0.3, -0.25) is 0 Å². The molecule has 0 bridgehead atoms. The summed E-state index contributed by atoms with van der Waals surface area (Å²) in [5, 5.41) is 13.6. The van der Waals surface area contributed by atoms with E-state index in [4.69, 9.17) is 0 Å². The molecule has 26 heavy (non-hydrogen) atoms. The van der Waals surface area contributed by atoms with Gasteiger partial charge in [0.25, 0.3) is 0 Å². The summed E-state index contributed by atoms with van der Waals surface area (Å²) in [6.45, 7) is 8.72. The van der Waals surface area contributed by atoms with Crippen LogP contribution in [0.5, 0.6) is 5.75 Å². The molecule has 0 saturated heterocycles. The summed E-state index contributed by atoms with van der Waals surface area (Å²) in [6, 6.07) is 17.0. The second-order valence-electron chi connectivity index (χ2n) is 8.05. The van der Waals surface area contributed by atoms with Crippen molar-refractivity contribution in [1.82, 2.24) is 0 Å². The Labute approximate surface area is 159 Å². The quantitative estimate of drug-likeness (QED) is 0.666. The first-order chi connectivity index (χ1) is 12.4. The lowest BCUT2D eigenvalue weighted by atomic mass is 9.86. The van der Waals surface area contributed by atoms with E-state index in [0.29, 0.717) is 5.75 Å². The highest BCUT2D eigenvalue weighted by Crippen LogP contribution is 2.56. The molecule has 1 aliphatic carbocycles. The topological polar surface area (TPSA) is 20.2 Å². The molecule has 0 aliphatic heterocycles. The van der Waals surface area contributed by atoms with Gasteiger partial charge in [-0.25, -0.2) is 0 Å². The van der Waals surface area contributed by atoms with Crippen LogP contribution in [0.3, 0.4) is 0 Å². The van der Waals surface area contributed by atoms with Crippen LogP contribution in [-0.2, 0) is 5.41 Å². The molecule has 3 rings (SSSR count). The summed E-state index contributed by atoms with van der Waals surface area (Å²) in [6.07, 6.45) is 11.2. The molecule has 0 fully saturated rings. The second-order valence-corrected chi connectivity index (χ2v) is 10.6. The van der Waals surface area contributed by atoms with Crippen LogP contribution in [0.4, 0.5) is 0 Å². The summed E-state index contributed by atoms with van der Waals surface area (Å²) in [5.41, 5.74) is 0.938. The predicted octanol–water partition coefficient (Wildman–Crippen LogP) is 5.79. The van der Waals surface area contributed by atoms with E-state index in [1.807, 2.05) is 0 Å². The highest BCUT2D eigenvalue weighted by Gasteiger charge is 2.39. The average Bonchev–Trinajstić information content (AvgIpc) is 3.06. The molecule has 1 nitrogen and oxygen atoms in total. The van der Waals surface area contributed by atoms with E-state index in [1.54, 1.807) is 0 Å². The highest BCUT2D eigenvalue weighted by atomic mass is 31.1. The van der Waals surface area contributed by atoms with Crippen molar-refractivity contribution in [2.24, 2.45) is 0 Å². The fourth-order valence-electron chi connectivity index (χ4n) is 3.83. The molecular weight excluding hydrogens is 335 g/mol. The molecule has 1 atom stereocenters. The van der Waals surface area contributed by atoms with E-state index in [9.17, 15) is 5.11 Å². The molecule has 2 aromatic carbocycles. The zero-order valence-electron chi connectivity index (χ0n) is 16.2. The highest BCUT2D eigenvalue weighted by molar-refractivity contribution is 7.75. The van der Waals surface area contributed by atoms with Crippen molar-refractivity contribution in [1.29, 1.82) is 0 Å². The molecule has 2 heteroatoms. The molecule has 0 amide bonds. The number of allylic oxidation sites excluding steroid dienone is 4. The van der Waals surface area contributed by atoms with Crippen LogP contribution in [0.2, 0.25) is 0 Å². The van der Waals surface area contributed by atoms with Crippen LogP contribution in [0, 0.1) is 0 Å². The monoisotopic (exact) mass is 364 g/mol. The number of hydrogen-bond acceptors (Lipinski definition) is 1. The van der Waals surface area contributed by atoms with Gasteiger partial charge in [-0.15, -0.1) is 0 Å². The Morgan fingerprint density at radius 3 is 2.15 bits per heavy atom. The fourth-order valence-corrected chi connectivity index (χ4v) is 6.99. The van der Waals surface area contributed by atoms with Gasteiger partial charge in [0.1, 0.15) is 5.75 Å². The summed E-state index contributed by atoms with van der Waals surface area (Å²) in [5.74, 6) is 0.471. The third-order valence-electron chi connectivity index (χ3n) is 5.03. The number of phenolic OH excluding ortho intramolecular Hbond substituents is 1. The van der Waals surface area contributed by atoms with E-state index >= 15 is 0 Å². The first kappa shape index (κ1) is 18.9. The van der Waals surface area contributed by atoms with E-state index in [-0.39, 0.29) is 10.6 Å². The van der Waals surface area contributed by atoms with Gasteiger partial charge in [0.15, 0.2) is 0 Å². The van der Waals surface area contributed by atoms with Gasteiger partial charge in [0.05, 0.1) is 0 Å². The van der Waals surface area contributed by atoms with Gasteiger partial charge in [0, 0.05) is 10.5 Å². The van der Waals surface area contributed by atoms with Crippen LogP contribution in [0.1, 0.15) is 46.1 Å². The van der Waals surface area contributed by atoms with Crippen LogP contribution < -0.4 is 10.6 Å². The number of hydrogen-bond donors (Lipinski definition) is 1.